The Morgan fingerprint density at radius 2 is 2.37 bits per heavy atom. The number of nitrogens with zero attached hydrogens (tertiary/aromatic N) is 4. The lowest BCUT2D eigenvalue weighted by atomic mass is 10.1. The van der Waals surface area contributed by atoms with Crippen molar-refractivity contribution in [2.45, 2.75) is 44.7 Å². The van der Waals surface area contributed by atoms with E-state index in [0.29, 0.717) is 11.9 Å². The van der Waals surface area contributed by atoms with E-state index in [1.165, 1.54) is 0 Å². The van der Waals surface area contributed by atoms with Crippen LogP contribution in [-0.2, 0) is 17.8 Å². The molecule has 2 aliphatic rings. The first-order valence-electron chi connectivity index (χ1n) is 7.21. The van der Waals surface area contributed by atoms with Gasteiger partial charge in [-0.05, 0) is 25.8 Å². The van der Waals surface area contributed by atoms with Gasteiger partial charge in [-0.15, -0.1) is 0 Å². The lowest BCUT2D eigenvalue weighted by Gasteiger charge is -2.24. The van der Waals surface area contributed by atoms with E-state index in [9.17, 15) is 4.79 Å². The van der Waals surface area contributed by atoms with E-state index in [4.69, 9.17) is 0 Å². The maximum Gasteiger partial charge on any atom is 0.222 e. The summed E-state index contributed by atoms with van der Waals surface area (Å²) in [5.41, 5.74) is 0. The number of aryl methyl sites for hydroxylation is 1. The van der Waals surface area contributed by atoms with E-state index in [1.807, 2.05) is 9.58 Å². The molecular formula is C13H21N5O. The zero-order valence-electron chi connectivity index (χ0n) is 11.2. The molecule has 0 spiro atoms. The van der Waals surface area contributed by atoms with Gasteiger partial charge in [-0.25, -0.2) is 9.67 Å². The quantitative estimate of drug-likeness (QED) is 0.771. The summed E-state index contributed by atoms with van der Waals surface area (Å²) in [6.07, 6.45) is 6.57. The second kappa shape index (κ2) is 5.69. The van der Waals surface area contributed by atoms with Crippen molar-refractivity contribution in [3.05, 3.63) is 12.2 Å². The van der Waals surface area contributed by atoms with Gasteiger partial charge in [-0.1, -0.05) is 0 Å². The SMILES string of the molecule is O=C1CCCN1CCCNC1CCc2ncnn2C1. The van der Waals surface area contributed by atoms with Gasteiger partial charge in [0.05, 0.1) is 6.54 Å². The van der Waals surface area contributed by atoms with Gasteiger partial charge in [-0.2, -0.15) is 5.10 Å². The van der Waals surface area contributed by atoms with Gasteiger partial charge in [0.1, 0.15) is 12.2 Å². The summed E-state index contributed by atoms with van der Waals surface area (Å²) in [5.74, 6) is 1.42. The van der Waals surface area contributed by atoms with Crippen LogP contribution in [0.3, 0.4) is 0 Å². The summed E-state index contributed by atoms with van der Waals surface area (Å²) in [6, 6.07) is 0.489. The molecule has 6 nitrogen and oxygen atoms in total. The zero-order valence-corrected chi connectivity index (χ0v) is 11.2. The van der Waals surface area contributed by atoms with Gasteiger partial charge in [0.2, 0.25) is 5.91 Å². The largest absolute Gasteiger partial charge is 0.343 e. The molecule has 0 radical (unpaired) electrons. The molecule has 3 rings (SSSR count). The normalized spacial score (nSPS) is 22.8. The van der Waals surface area contributed by atoms with Crippen LogP contribution in [0, 0.1) is 0 Å². The van der Waals surface area contributed by atoms with E-state index >= 15 is 0 Å². The molecule has 19 heavy (non-hydrogen) atoms. The van der Waals surface area contributed by atoms with E-state index in [1.54, 1.807) is 6.33 Å². The summed E-state index contributed by atoms with van der Waals surface area (Å²) in [6.45, 7) is 3.73. The van der Waals surface area contributed by atoms with Crippen LogP contribution in [0.15, 0.2) is 6.33 Å². The molecular weight excluding hydrogens is 242 g/mol. The Bertz CT molecular complexity index is 444. The molecule has 1 unspecified atom stereocenters. The van der Waals surface area contributed by atoms with Crippen LogP contribution in [0.2, 0.25) is 0 Å². The molecule has 0 aromatic carbocycles. The monoisotopic (exact) mass is 263 g/mol. The average molecular weight is 263 g/mol. The van der Waals surface area contributed by atoms with Crippen molar-refractivity contribution < 1.29 is 4.79 Å². The van der Waals surface area contributed by atoms with Crippen LogP contribution < -0.4 is 5.32 Å². The summed E-state index contributed by atoms with van der Waals surface area (Å²) < 4.78 is 1.99. The fourth-order valence-corrected chi connectivity index (χ4v) is 2.92. The van der Waals surface area contributed by atoms with Crippen molar-refractivity contribution >= 4 is 5.91 Å². The van der Waals surface area contributed by atoms with Crippen LogP contribution in [0.25, 0.3) is 0 Å². The molecule has 1 N–H and O–H groups in total. The average Bonchev–Trinajstić information content (AvgIpc) is 3.03. The molecule has 1 atom stereocenters. The van der Waals surface area contributed by atoms with E-state index in [-0.39, 0.29) is 0 Å². The molecule has 1 saturated heterocycles. The van der Waals surface area contributed by atoms with Crippen LogP contribution in [0.4, 0.5) is 0 Å². The molecule has 0 bridgehead atoms. The van der Waals surface area contributed by atoms with E-state index in [0.717, 1.165) is 64.1 Å². The standard InChI is InChI=1S/C13H21N5O/c19-13-3-1-7-17(13)8-2-6-14-11-4-5-12-15-10-16-18(12)9-11/h10-11,14H,1-9H2. The topological polar surface area (TPSA) is 63.1 Å². The Kier molecular flexibility index (Phi) is 3.77. The lowest BCUT2D eigenvalue weighted by molar-refractivity contribution is -0.127. The van der Waals surface area contributed by atoms with Gasteiger partial charge in [0, 0.05) is 32.0 Å². The fraction of sp³-hybridized carbons (Fsp3) is 0.769. The number of fused-ring (bicyclic) bond motifs is 1. The summed E-state index contributed by atoms with van der Waals surface area (Å²) in [7, 11) is 0. The highest BCUT2D eigenvalue weighted by Gasteiger charge is 2.21. The molecule has 0 saturated carbocycles. The van der Waals surface area contributed by atoms with Crippen molar-refractivity contribution in [2.75, 3.05) is 19.6 Å². The number of likely N-dealkylation sites (tertiary alicyclic amines) is 1. The van der Waals surface area contributed by atoms with E-state index in [2.05, 4.69) is 15.4 Å². The molecule has 1 fully saturated rings. The van der Waals surface area contributed by atoms with E-state index < -0.39 is 0 Å². The van der Waals surface area contributed by atoms with Gasteiger partial charge in [0.25, 0.3) is 0 Å². The third-order valence-corrected chi connectivity index (χ3v) is 4.01. The molecule has 1 aromatic rings. The first-order chi connectivity index (χ1) is 9.33. The predicted octanol–water partition coefficient (Wildman–Crippen LogP) is 0.195. The minimum Gasteiger partial charge on any atom is -0.343 e. The number of carbonyl (C=O) groups excluding carboxylic acids is 1. The Labute approximate surface area is 113 Å². The number of carbonyl (C=O) groups is 1. The Morgan fingerprint density at radius 3 is 3.21 bits per heavy atom. The number of rotatable bonds is 5. The minimum absolute atomic E-state index is 0.324. The van der Waals surface area contributed by atoms with Gasteiger partial charge < -0.3 is 10.2 Å². The summed E-state index contributed by atoms with van der Waals surface area (Å²) >= 11 is 0. The molecule has 6 heteroatoms. The second-order valence-corrected chi connectivity index (χ2v) is 5.39. The first kappa shape index (κ1) is 12.6. The Hall–Kier alpha value is -1.43. The van der Waals surface area contributed by atoms with Gasteiger partial charge >= 0.3 is 0 Å². The number of aromatic nitrogens is 3. The Morgan fingerprint density at radius 1 is 1.42 bits per heavy atom. The maximum atomic E-state index is 11.5. The smallest absolute Gasteiger partial charge is 0.222 e. The van der Waals surface area contributed by atoms with Crippen molar-refractivity contribution in [2.24, 2.45) is 0 Å². The van der Waals surface area contributed by atoms with Crippen LogP contribution in [-0.4, -0.2) is 51.2 Å². The van der Waals surface area contributed by atoms with Crippen LogP contribution in [0.1, 0.15) is 31.5 Å². The highest BCUT2D eigenvalue weighted by molar-refractivity contribution is 5.77. The molecule has 0 aliphatic carbocycles. The maximum absolute atomic E-state index is 11.5. The van der Waals surface area contributed by atoms with Gasteiger partial charge in [-0.3, -0.25) is 4.79 Å². The zero-order chi connectivity index (χ0) is 13.1. The molecule has 1 amide bonds. The lowest BCUT2D eigenvalue weighted by Crippen LogP contribution is -2.39. The third kappa shape index (κ3) is 2.94. The minimum atomic E-state index is 0.324. The number of nitrogens with one attached hydrogen (secondary N) is 1. The highest BCUT2D eigenvalue weighted by atomic mass is 16.2. The molecule has 1 aromatic heterocycles. The van der Waals surface area contributed by atoms with Crippen molar-refractivity contribution in [1.82, 2.24) is 25.0 Å². The second-order valence-electron chi connectivity index (χ2n) is 5.39. The van der Waals surface area contributed by atoms with Crippen LogP contribution >= 0.6 is 0 Å². The molecule has 3 heterocycles. The number of hydrogen-bond donors (Lipinski definition) is 1. The third-order valence-electron chi connectivity index (χ3n) is 4.01. The fourth-order valence-electron chi connectivity index (χ4n) is 2.92. The molecule has 104 valence electrons. The number of amides is 1. The first-order valence-corrected chi connectivity index (χ1v) is 7.21. The van der Waals surface area contributed by atoms with Crippen molar-refractivity contribution in [1.29, 1.82) is 0 Å². The van der Waals surface area contributed by atoms with Crippen molar-refractivity contribution in [3.63, 3.8) is 0 Å². The van der Waals surface area contributed by atoms with Crippen LogP contribution in [0.5, 0.6) is 0 Å². The van der Waals surface area contributed by atoms with Crippen molar-refractivity contribution in [3.8, 4) is 0 Å². The summed E-state index contributed by atoms with van der Waals surface area (Å²) in [5, 5.41) is 7.79. The number of hydrogen-bond acceptors (Lipinski definition) is 4. The van der Waals surface area contributed by atoms with Gasteiger partial charge in [0.15, 0.2) is 0 Å². The highest BCUT2D eigenvalue weighted by Crippen LogP contribution is 2.12. The molecule has 2 aliphatic heterocycles. The summed E-state index contributed by atoms with van der Waals surface area (Å²) in [4.78, 5) is 17.7. The predicted molar refractivity (Wildman–Crippen MR) is 70.6 cm³/mol. The Balaban J connectivity index is 1.36.